The Morgan fingerprint density at radius 1 is 0.970 bits per heavy atom. The number of halogens is 1. The lowest BCUT2D eigenvalue weighted by Gasteiger charge is -2.08. The van der Waals surface area contributed by atoms with E-state index in [4.69, 9.17) is 5.10 Å². The monoisotopic (exact) mass is 438 g/mol. The van der Waals surface area contributed by atoms with Crippen LogP contribution in [0.5, 0.6) is 0 Å². The van der Waals surface area contributed by atoms with Gasteiger partial charge in [-0.3, -0.25) is 4.79 Å². The Labute approximate surface area is 189 Å². The quantitative estimate of drug-likeness (QED) is 0.389. The molecule has 0 atom stereocenters. The molecule has 2 aromatic carbocycles. The molecule has 0 fully saturated rings. The summed E-state index contributed by atoms with van der Waals surface area (Å²) in [7, 11) is 0. The smallest absolute Gasteiger partial charge is 0.227 e. The highest BCUT2D eigenvalue weighted by Gasteiger charge is 2.18. The molecule has 0 saturated heterocycles. The number of hydrogen-bond acceptors (Lipinski definition) is 5. The van der Waals surface area contributed by atoms with Crippen molar-refractivity contribution in [3.8, 4) is 22.5 Å². The van der Waals surface area contributed by atoms with E-state index in [-0.39, 0.29) is 11.7 Å². The average Bonchev–Trinajstić information content (AvgIpc) is 3.19. The zero-order chi connectivity index (χ0) is 22.8. The van der Waals surface area contributed by atoms with Crippen LogP contribution in [0, 0.1) is 5.82 Å². The third kappa shape index (κ3) is 4.27. The highest BCUT2D eigenvalue weighted by atomic mass is 19.1. The highest BCUT2D eigenvalue weighted by molar-refractivity contribution is 5.93. The van der Waals surface area contributed by atoms with E-state index in [1.807, 2.05) is 54.7 Å². The normalized spacial score (nSPS) is 10.8. The van der Waals surface area contributed by atoms with Gasteiger partial charge >= 0.3 is 0 Å². The van der Waals surface area contributed by atoms with Gasteiger partial charge in [-0.25, -0.2) is 18.9 Å². The van der Waals surface area contributed by atoms with Crippen molar-refractivity contribution in [3.63, 3.8) is 0 Å². The summed E-state index contributed by atoms with van der Waals surface area (Å²) in [4.78, 5) is 20.5. The van der Waals surface area contributed by atoms with Crippen LogP contribution in [-0.2, 0) is 4.79 Å². The summed E-state index contributed by atoms with van der Waals surface area (Å²) < 4.78 is 15.4. The number of carbonyl (C=O) groups is 1. The predicted octanol–water partition coefficient (Wildman–Crippen LogP) is 5.30. The maximum atomic E-state index is 13.6. The minimum atomic E-state index is -0.347. The summed E-state index contributed by atoms with van der Waals surface area (Å²) in [6, 6.07) is 21.2. The van der Waals surface area contributed by atoms with Crippen molar-refractivity contribution in [2.45, 2.75) is 6.92 Å². The number of amides is 1. The van der Waals surface area contributed by atoms with Crippen LogP contribution < -0.4 is 10.6 Å². The molecular weight excluding hydrogens is 419 g/mol. The molecule has 1 amide bonds. The average molecular weight is 438 g/mol. The molecule has 0 aliphatic rings. The number of fused-ring (bicyclic) bond motifs is 1. The van der Waals surface area contributed by atoms with Crippen LogP contribution in [0.25, 0.3) is 28.0 Å². The number of carbonyl (C=O) groups excluding carboxylic acids is 1. The molecule has 2 N–H and O–H groups in total. The number of nitrogens with zero attached hydrogens (tertiary/aromatic N) is 4. The van der Waals surface area contributed by atoms with Gasteiger partial charge < -0.3 is 10.6 Å². The zero-order valence-corrected chi connectivity index (χ0v) is 17.7. The minimum absolute atomic E-state index is 0.147. The van der Waals surface area contributed by atoms with E-state index in [9.17, 15) is 9.18 Å². The molecule has 0 bridgehead atoms. The van der Waals surface area contributed by atoms with Crippen LogP contribution in [0.4, 0.5) is 21.7 Å². The van der Waals surface area contributed by atoms with E-state index in [2.05, 4.69) is 20.6 Å². The molecule has 3 aromatic heterocycles. The number of aromatic nitrogens is 4. The van der Waals surface area contributed by atoms with Crippen molar-refractivity contribution in [1.29, 1.82) is 0 Å². The lowest BCUT2D eigenvalue weighted by Crippen LogP contribution is -2.05. The second-order valence-corrected chi connectivity index (χ2v) is 7.42. The van der Waals surface area contributed by atoms with Crippen LogP contribution in [0.2, 0.25) is 0 Å². The van der Waals surface area contributed by atoms with Gasteiger partial charge in [0.25, 0.3) is 0 Å². The zero-order valence-electron chi connectivity index (χ0n) is 17.7. The van der Waals surface area contributed by atoms with Gasteiger partial charge in [0.05, 0.1) is 16.8 Å². The fraction of sp³-hybridized carbons (Fsp3) is 0.0400. The molecular formula is C25H19FN6O. The van der Waals surface area contributed by atoms with E-state index in [0.717, 1.165) is 16.6 Å². The van der Waals surface area contributed by atoms with Crippen LogP contribution in [0.3, 0.4) is 0 Å². The largest absolute Gasteiger partial charge is 0.326 e. The second kappa shape index (κ2) is 8.51. The van der Waals surface area contributed by atoms with Gasteiger partial charge in [-0.1, -0.05) is 24.3 Å². The lowest BCUT2D eigenvalue weighted by atomic mass is 10.0. The molecule has 7 nitrogen and oxygen atoms in total. The lowest BCUT2D eigenvalue weighted by molar-refractivity contribution is -0.114. The first kappa shape index (κ1) is 20.3. The van der Waals surface area contributed by atoms with Gasteiger partial charge in [-0.05, 0) is 48.5 Å². The molecule has 0 aliphatic carbocycles. The Morgan fingerprint density at radius 3 is 2.67 bits per heavy atom. The molecule has 33 heavy (non-hydrogen) atoms. The number of pyridine rings is 1. The molecule has 0 spiro atoms. The summed E-state index contributed by atoms with van der Waals surface area (Å²) in [6.07, 6.45) is 3.51. The van der Waals surface area contributed by atoms with Crippen LogP contribution >= 0.6 is 0 Å². The molecule has 0 aliphatic heterocycles. The number of rotatable bonds is 5. The first-order valence-corrected chi connectivity index (χ1v) is 10.3. The van der Waals surface area contributed by atoms with Gasteiger partial charge in [-0.15, -0.1) is 0 Å². The van der Waals surface area contributed by atoms with Gasteiger partial charge in [0.15, 0.2) is 0 Å². The Kier molecular flexibility index (Phi) is 5.24. The van der Waals surface area contributed by atoms with E-state index < -0.39 is 0 Å². The van der Waals surface area contributed by atoms with Gasteiger partial charge in [0.2, 0.25) is 11.9 Å². The number of nitrogens with one attached hydrogen (secondary N) is 2. The maximum Gasteiger partial charge on any atom is 0.227 e. The van der Waals surface area contributed by atoms with Crippen molar-refractivity contribution in [1.82, 2.24) is 19.6 Å². The minimum Gasteiger partial charge on any atom is -0.326 e. The fourth-order valence-corrected chi connectivity index (χ4v) is 3.65. The van der Waals surface area contributed by atoms with Crippen molar-refractivity contribution < 1.29 is 9.18 Å². The summed E-state index contributed by atoms with van der Waals surface area (Å²) in [5.74, 6) is -0.155. The van der Waals surface area contributed by atoms with Gasteiger partial charge in [0, 0.05) is 36.3 Å². The molecule has 0 radical (unpaired) electrons. The van der Waals surface area contributed by atoms with Crippen LogP contribution in [0.1, 0.15) is 6.92 Å². The van der Waals surface area contributed by atoms with E-state index >= 15 is 0 Å². The Hall–Kier alpha value is -4.59. The number of hydrogen-bond donors (Lipinski definition) is 2. The van der Waals surface area contributed by atoms with Crippen molar-refractivity contribution in [2.24, 2.45) is 0 Å². The summed E-state index contributed by atoms with van der Waals surface area (Å²) >= 11 is 0. The standard InChI is InChI=1S/C25H19FN6O/c1-16(33)28-19-8-4-6-17(14-19)24-23(22-10-2-3-13-32(22)31-24)21-11-12-27-25(30-21)29-20-9-5-7-18(26)15-20/h2-15H,1H3,(H,28,33)(H,27,29,30). The van der Waals surface area contributed by atoms with Crippen molar-refractivity contribution >= 4 is 28.7 Å². The molecule has 0 saturated carbocycles. The third-order valence-corrected chi connectivity index (χ3v) is 4.99. The summed E-state index contributed by atoms with van der Waals surface area (Å²) in [6.45, 7) is 1.47. The maximum absolute atomic E-state index is 13.6. The SMILES string of the molecule is CC(=O)Nc1cccc(-c2nn3ccccc3c2-c2ccnc(Nc3cccc(F)c3)n2)c1. The topological polar surface area (TPSA) is 84.2 Å². The second-order valence-electron chi connectivity index (χ2n) is 7.42. The Bertz CT molecular complexity index is 1480. The number of benzene rings is 2. The first-order chi connectivity index (χ1) is 16.1. The van der Waals surface area contributed by atoms with Crippen LogP contribution in [-0.4, -0.2) is 25.5 Å². The van der Waals surface area contributed by atoms with Gasteiger partial charge in [-0.2, -0.15) is 5.10 Å². The van der Waals surface area contributed by atoms with Crippen LogP contribution in [0.15, 0.2) is 85.2 Å². The van der Waals surface area contributed by atoms with E-state index in [1.54, 1.807) is 22.8 Å². The number of anilines is 3. The Balaban J connectivity index is 1.62. The highest BCUT2D eigenvalue weighted by Crippen LogP contribution is 2.35. The molecule has 0 unspecified atom stereocenters. The summed E-state index contributed by atoms with van der Waals surface area (Å²) in [5.41, 5.74) is 5.12. The Morgan fingerprint density at radius 2 is 1.82 bits per heavy atom. The molecule has 162 valence electrons. The van der Waals surface area contributed by atoms with Gasteiger partial charge in [0.1, 0.15) is 11.5 Å². The molecule has 5 aromatic rings. The predicted molar refractivity (Wildman–Crippen MR) is 126 cm³/mol. The molecule has 8 heteroatoms. The van der Waals surface area contributed by atoms with E-state index in [0.29, 0.717) is 28.7 Å². The molecule has 5 rings (SSSR count). The third-order valence-electron chi connectivity index (χ3n) is 4.99. The van der Waals surface area contributed by atoms with E-state index in [1.165, 1.54) is 19.1 Å². The van der Waals surface area contributed by atoms with Crippen molar-refractivity contribution in [3.05, 3.63) is 91.0 Å². The molecule has 3 heterocycles. The first-order valence-electron chi connectivity index (χ1n) is 10.3. The fourth-order valence-electron chi connectivity index (χ4n) is 3.65. The van der Waals surface area contributed by atoms with Crippen molar-refractivity contribution in [2.75, 3.05) is 10.6 Å². The summed E-state index contributed by atoms with van der Waals surface area (Å²) in [5, 5.41) is 10.6.